The number of hydrogen-bond donors (Lipinski definition) is 1. The second-order valence-electron chi connectivity index (χ2n) is 3.90. The van der Waals surface area contributed by atoms with Crippen LogP contribution >= 0.6 is 11.8 Å². The third-order valence-electron chi connectivity index (χ3n) is 2.44. The fraction of sp³-hybridized carbons (Fsp3) is 0.333. The number of carbonyl (C=O) groups is 1. The number of aromatic nitrogens is 4. The summed E-state index contributed by atoms with van der Waals surface area (Å²) in [6, 6.07) is 6.45. The standard InChI is InChI=1S/C12H14N4O3S/c1-3-19-11(18)8(2)20-12-13-14-15-16(12)9-4-6-10(17)7-5-9/h4-8,17H,3H2,1-2H3. The fourth-order valence-electron chi connectivity index (χ4n) is 1.47. The van der Waals surface area contributed by atoms with Crippen LogP contribution in [-0.4, -0.2) is 43.1 Å². The van der Waals surface area contributed by atoms with Gasteiger partial charge in [-0.2, -0.15) is 4.68 Å². The summed E-state index contributed by atoms with van der Waals surface area (Å²) in [5.74, 6) is -0.145. The molecular weight excluding hydrogens is 280 g/mol. The average molecular weight is 294 g/mol. The molecule has 20 heavy (non-hydrogen) atoms. The van der Waals surface area contributed by atoms with E-state index in [0.717, 1.165) is 0 Å². The van der Waals surface area contributed by atoms with Crippen molar-refractivity contribution in [2.24, 2.45) is 0 Å². The maximum absolute atomic E-state index is 11.6. The second-order valence-corrected chi connectivity index (χ2v) is 5.21. The van der Waals surface area contributed by atoms with E-state index in [9.17, 15) is 9.90 Å². The maximum Gasteiger partial charge on any atom is 0.319 e. The molecular formula is C12H14N4O3S. The van der Waals surface area contributed by atoms with Gasteiger partial charge in [-0.1, -0.05) is 11.8 Å². The molecule has 1 heterocycles. The van der Waals surface area contributed by atoms with Gasteiger partial charge in [0, 0.05) is 0 Å². The number of carbonyl (C=O) groups excluding carboxylic acids is 1. The van der Waals surface area contributed by atoms with Crippen LogP contribution in [0.25, 0.3) is 5.69 Å². The normalized spacial score (nSPS) is 12.1. The van der Waals surface area contributed by atoms with E-state index in [0.29, 0.717) is 17.5 Å². The SMILES string of the molecule is CCOC(=O)C(C)Sc1nnnn1-c1ccc(O)cc1. The first-order valence-corrected chi connectivity index (χ1v) is 6.91. The van der Waals surface area contributed by atoms with Gasteiger partial charge in [0.05, 0.1) is 12.3 Å². The summed E-state index contributed by atoms with van der Waals surface area (Å²) in [4.78, 5) is 11.6. The van der Waals surface area contributed by atoms with Gasteiger partial charge in [0.25, 0.3) is 0 Å². The fourth-order valence-corrected chi connectivity index (χ4v) is 2.28. The summed E-state index contributed by atoms with van der Waals surface area (Å²) in [7, 11) is 0. The van der Waals surface area contributed by atoms with E-state index < -0.39 is 5.25 Å². The smallest absolute Gasteiger partial charge is 0.319 e. The van der Waals surface area contributed by atoms with Crippen LogP contribution in [0.3, 0.4) is 0 Å². The minimum atomic E-state index is -0.406. The second kappa shape index (κ2) is 6.38. The zero-order chi connectivity index (χ0) is 14.5. The van der Waals surface area contributed by atoms with Crippen LogP contribution in [0.4, 0.5) is 0 Å². The summed E-state index contributed by atoms with van der Waals surface area (Å²) in [6.07, 6.45) is 0. The molecule has 2 aromatic rings. The Kier molecular flexibility index (Phi) is 4.57. The minimum absolute atomic E-state index is 0.163. The first-order chi connectivity index (χ1) is 9.61. The van der Waals surface area contributed by atoms with Crippen molar-refractivity contribution in [1.82, 2.24) is 20.2 Å². The summed E-state index contributed by atoms with van der Waals surface area (Å²) in [6.45, 7) is 3.83. The summed E-state index contributed by atoms with van der Waals surface area (Å²) >= 11 is 1.21. The molecule has 0 aliphatic heterocycles. The lowest BCUT2D eigenvalue weighted by molar-refractivity contribution is -0.142. The third-order valence-corrected chi connectivity index (χ3v) is 3.45. The monoisotopic (exact) mass is 294 g/mol. The molecule has 0 fully saturated rings. The number of esters is 1. The van der Waals surface area contributed by atoms with Crippen LogP contribution in [0.2, 0.25) is 0 Å². The van der Waals surface area contributed by atoms with Crippen molar-refractivity contribution in [2.45, 2.75) is 24.3 Å². The molecule has 1 aromatic carbocycles. The Balaban J connectivity index is 2.16. The Hall–Kier alpha value is -2.09. The Morgan fingerprint density at radius 2 is 2.15 bits per heavy atom. The Bertz CT molecular complexity index is 585. The molecule has 8 heteroatoms. The van der Waals surface area contributed by atoms with E-state index >= 15 is 0 Å². The van der Waals surface area contributed by atoms with E-state index in [-0.39, 0.29) is 11.7 Å². The van der Waals surface area contributed by atoms with Crippen LogP contribution in [-0.2, 0) is 9.53 Å². The van der Waals surface area contributed by atoms with Crippen molar-refractivity contribution >= 4 is 17.7 Å². The lowest BCUT2D eigenvalue weighted by atomic mass is 10.3. The van der Waals surface area contributed by atoms with Gasteiger partial charge in [0.2, 0.25) is 5.16 Å². The Labute approximate surface area is 119 Å². The van der Waals surface area contributed by atoms with Crippen molar-refractivity contribution in [2.75, 3.05) is 6.61 Å². The quantitative estimate of drug-likeness (QED) is 0.658. The molecule has 0 amide bonds. The molecule has 2 rings (SSSR count). The molecule has 1 unspecified atom stereocenters. The Morgan fingerprint density at radius 3 is 2.80 bits per heavy atom. The number of phenols is 1. The highest BCUT2D eigenvalue weighted by Crippen LogP contribution is 2.24. The number of phenolic OH excluding ortho intramolecular Hbond substituents is 1. The van der Waals surface area contributed by atoms with Gasteiger partial charge in [0.1, 0.15) is 11.0 Å². The molecule has 1 atom stereocenters. The molecule has 0 saturated carbocycles. The number of nitrogens with zero attached hydrogens (tertiary/aromatic N) is 4. The van der Waals surface area contributed by atoms with E-state index in [1.54, 1.807) is 38.1 Å². The average Bonchev–Trinajstić information content (AvgIpc) is 2.88. The van der Waals surface area contributed by atoms with Crippen molar-refractivity contribution in [1.29, 1.82) is 0 Å². The van der Waals surface area contributed by atoms with Gasteiger partial charge in [-0.3, -0.25) is 4.79 Å². The predicted molar refractivity (Wildman–Crippen MR) is 72.8 cm³/mol. The number of tetrazole rings is 1. The predicted octanol–water partition coefficient (Wildman–Crippen LogP) is 1.41. The largest absolute Gasteiger partial charge is 0.508 e. The lowest BCUT2D eigenvalue weighted by Crippen LogP contribution is -2.17. The van der Waals surface area contributed by atoms with E-state index in [4.69, 9.17) is 4.74 Å². The van der Waals surface area contributed by atoms with Crippen molar-refractivity contribution < 1.29 is 14.6 Å². The molecule has 0 aliphatic carbocycles. The van der Waals surface area contributed by atoms with Crippen molar-refractivity contribution in [3.05, 3.63) is 24.3 Å². The molecule has 7 nitrogen and oxygen atoms in total. The Morgan fingerprint density at radius 1 is 1.45 bits per heavy atom. The van der Waals surface area contributed by atoms with Crippen LogP contribution in [0.5, 0.6) is 5.75 Å². The van der Waals surface area contributed by atoms with E-state index in [1.165, 1.54) is 16.4 Å². The van der Waals surface area contributed by atoms with Gasteiger partial charge in [-0.15, -0.1) is 5.10 Å². The lowest BCUT2D eigenvalue weighted by Gasteiger charge is -2.09. The zero-order valence-electron chi connectivity index (χ0n) is 11.1. The highest BCUT2D eigenvalue weighted by Gasteiger charge is 2.20. The summed E-state index contributed by atoms with van der Waals surface area (Å²) in [5, 5.41) is 20.7. The number of hydrogen-bond acceptors (Lipinski definition) is 7. The highest BCUT2D eigenvalue weighted by atomic mass is 32.2. The van der Waals surface area contributed by atoms with Gasteiger partial charge < -0.3 is 9.84 Å². The van der Waals surface area contributed by atoms with Gasteiger partial charge in [-0.05, 0) is 48.5 Å². The number of rotatable bonds is 5. The first kappa shape index (κ1) is 14.3. The minimum Gasteiger partial charge on any atom is -0.508 e. The molecule has 0 radical (unpaired) electrons. The molecule has 0 saturated heterocycles. The van der Waals surface area contributed by atoms with E-state index in [2.05, 4.69) is 15.5 Å². The van der Waals surface area contributed by atoms with Crippen molar-refractivity contribution in [3.63, 3.8) is 0 Å². The van der Waals surface area contributed by atoms with Crippen LogP contribution in [0.15, 0.2) is 29.4 Å². The number of aromatic hydroxyl groups is 1. The summed E-state index contributed by atoms with van der Waals surface area (Å²) in [5.41, 5.74) is 0.700. The molecule has 1 N–H and O–H groups in total. The highest BCUT2D eigenvalue weighted by molar-refractivity contribution is 8.00. The maximum atomic E-state index is 11.6. The molecule has 1 aromatic heterocycles. The topological polar surface area (TPSA) is 90.1 Å². The van der Waals surface area contributed by atoms with Crippen LogP contribution in [0.1, 0.15) is 13.8 Å². The third kappa shape index (κ3) is 3.27. The number of thioether (sulfide) groups is 1. The zero-order valence-corrected chi connectivity index (χ0v) is 11.9. The van der Waals surface area contributed by atoms with Gasteiger partial charge >= 0.3 is 5.97 Å². The molecule has 0 spiro atoms. The van der Waals surface area contributed by atoms with Gasteiger partial charge in [0.15, 0.2) is 0 Å². The van der Waals surface area contributed by atoms with Gasteiger partial charge in [-0.25, -0.2) is 0 Å². The summed E-state index contributed by atoms with van der Waals surface area (Å²) < 4.78 is 6.44. The number of ether oxygens (including phenoxy) is 1. The van der Waals surface area contributed by atoms with E-state index in [1.807, 2.05) is 0 Å². The molecule has 0 aliphatic rings. The van der Waals surface area contributed by atoms with Crippen LogP contribution in [0, 0.1) is 0 Å². The van der Waals surface area contributed by atoms with Crippen LogP contribution < -0.4 is 0 Å². The molecule has 0 bridgehead atoms. The number of benzene rings is 1. The van der Waals surface area contributed by atoms with Crippen molar-refractivity contribution in [3.8, 4) is 11.4 Å². The molecule has 106 valence electrons. The first-order valence-electron chi connectivity index (χ1n) is 6.03.